The first kappa shape index (κ1) is 5.54. The minimum Gasteiger partial charge on any atom is -0.361 e. The van der Waals surface area contributed by atoms with Gasteiger partial charge in [-0.15, -0.1) is 0 Å². The number of hydrogen-bond acceptors (Lipinski definition) is 0. The SMILES string of the molecule is Cc1cc[c]c2cc[nH]c12. The summed E-state index contributed by atoms with van der Waals surface area (Å²) in [6.45, 7) is 2.09. The molecule has 0 saturated carbocycles. The fraction of sp³-hybridized carbons (Fsp3) is 0.111. The molecule has 0 aliphatic carbocycles. The Morgan fingerprint density at radius 2 is 2.30 bits per heavy atom. The summed E-state index contributed by atoms with van der Waals surface area (Å²) in [5.74, 6) is 0. The Kier molecular flexibility index (Phi) is 1.04. The molecular weight excluding hydrogens is 122 g/mol. The fourth-order valence-electron chi connectivity index (χ4n) is 1.16. The van der Waals surface area contributed by atoms with Gasteiger partial charge in [0.2, 0.25) is 0 Å². The summed E-state index contributed by atoms with van der Waals surface area (Å²) in [5.41, 5.74) is 2.47. The van der Waals surface area contributed by atoms with Gasteiger partial charge in [-0.05, 0) is 24.6 Å². The van der Waals surface area contributed by atoms with E-state index in [9.17, 15) is 0 Å². The van der Waals surface area contributed by atoms with E-state index in [0.29, 0.717) is 0 Å². The molecule has 1 nitrogen and oxygen atoms in total. The van der Waals surface area contributed by atoms with E-state index in [1.807, 2.05) is 18.3 Å². The highest BCUT2D eigenvalue weighted by molar-refractivity contribution is 5.81. The van der Waals surface area contributed by atoms with Gasteiger partial charge in [0.1, 0.15) is 0 Å². The summed E-state index contributed by atoms with van der Waals surface area (Å²) in [7, 11) is 0. The number of aryl methyl sites for hydroxylation is 1. The minimum atomic E-state index is 1.17. The lowest BCUT2D eigenvalue weighted by atomic mass is 10.2. The quantitative estimate of drug-likeness (QED) is 0.563. The van der Waals surface area contributed by atoms with Gasteiger partial charge in [0.25, 0.3) is 0 Å². The third kappa shape index (κ3) is 0.637. The van der Waals surface area contributed by atoms with Crippen molar-refractivity contribution in [3.63, 3.8) is 0 Å². The maximum atomic E-state index is 3.16. The number of nitrogens with one attached hydrogen (secondary N) is 1. The summed E-state index contributed by atoms with van der Waals surface area (Å²) in [6.07, 6.45) is 1.94. The van der Waals surface area contributed by atoms with Gasteiger partial charge in [0, 0.05) is 17.1 Å². The lowest BCUT2D eigenvalue weighted by Crippen LogP contribution is -1.73. The maximum absolute atomic E-state index is 3.16. The number of aromatic amines is 1. The number of benzene rings is 1. The van der Waals surface area contributed by atoms with E-state index in [4.69, 9.17) is 0 Å². The monoisotopic (exact) mass is 130 g/mol. The fourth-order valence-corrected chi connectivity index (χ4v) is 1.16. The zero-order chi connectivity index (χ0) is 6.97. The van der Waals surface area contributed by atoms with Crippen LogP contribution in [0.15, 0.2) is 24.4 Å². The van der Waals surface area contributed by atoms with Gasteiger partial charge in [-0.1, -0.05) is 12.1 Å². The summed E-state index contributed by atoms with van der Waals surface area (Å²) >= 11 is 0. The second-order valence-electron chi connectivity index (χ2n) is 2.43. The van der Waals surface area contributed by atoms with E-state index in [0.717, 1.165) is 0 Å². The van der Waals surface area contributed by atoms with Crippen molar-refractivity contribution in [1.29, 1.82) is 0 Å². The van der Waals surface area contributed by atoms with Gasteiger partial charge >= 0.3 is 0 Å². The molecule has 1 heteroatoms. The first-order chi connectivity index (χ1) is 4.88. The molecule has 1 aromatic heterocycles. The van der Waals surface area contributed by atoms with Crippen molar-refractivity contribution in [3.05, 3.63) is 36.0 Å². The van der Waals surface area contributed by atoms with Crippen LogP contribution in [-0.2, 0) is 0 Å². The van der Waals surface area contributed by atoms with Gasteiger partial charge in [0.05, 0.1) is 0 Å². The van der Waals surface area contributed by atoms with Crippen LogP contribution in [0.5, 0.6) is 0 Å². The predicted molar refractivity (Wildman–Crippen MR) is 41.9 cm³/mol. The molecule has 10 heavy (non-hydrogen) atoms. The Hall–Kier alpha value is -1.24. The third-order valence-corrected chi connectivity index (χ3v) is 1.71. The number of fused-ring (bicyclic) bond motifs is 1. The minimum absolute atomic E-state index is 1.17. The molecule has 1 aromatic carbocycles. The first-order valence-electron chi connectivity index (χ1n) is 3.32. The Morgan fingerprint density at radius 3 is 3.10 bits per heavy atom. The molecule has 1 N–H and O–H groups in total. The van der Waals surface area contributed by atoms with Crippen molar-refractivity contribution in [2.24, 2.45) is 0 Å². The normalized spacial score (nSPS) is 10.5. The van der Waals surface area contributed by atoms with Crippen LogP contribution in [0.3, 0.4) is 0 Å². The standard InChI is InChI=1S/C9H8N/c1-7-3-2-4-8-5-6-10-9(7)8/h2-3,5-6,10H,1H3. The number of H-pyrrole nitrogens is 1. The molecule has 1 heterocycles. The van der Waals surface area contributed by atoms with E-state index in [1.54, 1.807) is 0 Å². The smallest absolute Gasteiger partial charge is 0.0489 e. The lowest BCUT2D eigenvalue weighted by Gasteiger charge is -1.91. The van der Waals surface area contributed by atoms with Crippen LogP contribution in [0.25, 0.3) is 10.9 Å². The molecule has 0 aliphatic rings. The Labute approximate surface area is 59.7 Å². The van der Waals surface area contributed by atoms with Crippen LogP contribution in [0.1, 0.15) is 5.56 Å². The molecule has 0 atom stereocenters. The maximum Gasteiger partial charge on any atom is 0.0489 e. The average molecular weight is 130 g/mol. The van der Waals surface area contributed by atoms with E-state index < -0.39 is 0 Å². The predicted octanol–water partition coefficient (Wildman–Crippen LogP) is 2.28. The zero-order valence-electron chi connectivity index (χ0n) is 5.81. The molecule has 0 unspecified atom stereocenters. The molecule has 2 aromatic rings. The van der Waals surface area contributed by atoms with Crippen molar-refractivity contribution < 1.29 is 0 Å². The number of hydrogen-bond donors (Lipinski definition) is 1. The van der Waals surface area contributed by atoms with Crippen LogP contribution in [0, 0.1) is 13.0 Å². The highest BCUT2D eigenvalue weighted by Gasteiger charge is 1.94. The van der Waals surface area contributed by atoms with Crippen LogP contribution in [0.2, 0.25) is 0 Å². The molecular formula is C9H8N. The van der Waals surface area contributed by atoms with Crippen LogP contribution < -0.4 is 0 Å². The summed E-state index contributed by atoms with van der Waals surface area (Å²) in [4.78, 5) is 3.16. The lowest BCUT2D eigenvalue weighted by molar-refractivity contribution is 1.42. The molecule has 0 fully saturated rings. The average Bonchev–Trinajstić information content (AvgIpc) is 2.36. The van der Waals surface area contributed by atoms with Gasteiger partial charge in [0.15, 0.2) is 0 Å². The van der Waals surface area contributed by atoms with Crippen molar-refractivity contribution in [2.45, 2.75) is 6.92 Å². The second kappa shape index (κ2) is 1.87. The highest BCUT2D eigenvalue weighted by Crippen LogP contribution is 2.14. The number of rotatable bonds is 0. The molecule has 0 spiro atoms. The third-order valence-electron chi connectivity index (χ3n) is 1.71. The summed E-state index contributed by atoms with van der Waals surface area (Å²) in [6, 6.07) is 9.17. The zero-order valence-corrected chi connectivity index (χ0v) is 5.81. The van der Waals surface area contributed by atoms with E-state index in [1.165, 1.54) is 16.5 Å². The Morgan fingerprint density at radius 1 is 1.40 bits per heavy atom. The van der Waals surface area contributed by atoms with Gasteiger partial charge in [-0.2, -0.15) is 0 Å². The van der Waals surface area contributed by atoms with Crippen molar-refractivity contribution in [1.82, 2.24) is 4.98 Å². The van der Waals surface area contributed by atoms with Crippen LogP contribution in [-0.4, -0.2) is 4.98 Å². The van der Waals surface area contributed by atoms with Gasteiger partial charge in [-0.3, -0.25) is 0 Å². The molecule has 1 radical (unpaired) electrons. The van der Waals surface area contributed by atoms with Gasteiger partial charge < -0.3 is 4.98 Å². The van der Waals surface area contributed by atoms with E-state index >= 15 is 0 Å². The number of aromatic nitrogens is 1. The molecule has 0 bridgehead atoms. The van der Waals surface area contributed by atoms with E-state index in [-0.39, 0.29) is 0 Å². The highest BCUT2D eigenvalue weighted by atomic mass is 14.7. The second-order valence-corrected chi connectivity index (χ2v) is 2.43. The Bertz CT molecular complexity index is 346. The topological polar surface area (TPSA) is 15.8 Å². The molecule has 2 rings (SSSR count). The van der Waals surface area contributed by atoms with Gasteiger partial charge in [-0.25, -0.2) is 0 Å². The first-order valence-corrected chi connectivity index (χ1v) is 3.32. The van der Waals surface area contributed by atoms with Crippen LogP contribution >= 0.6 is 0 Å². The summed E-state index contributed by atoms with van der Waals surface area (Å²) in [5, 5.41) is 1.17. The molecule has 49 valence electrons. The molecule has 0 saturated heterocycles. The van der Waals surface area contributed by atoms with Crippen molar-refractivity contribution in [3.8, 4) is 0 Å². The van der Waals surface area contributed by atoms with Crippen LogP contribution in [0.4, 0.5) is 0 Å². The summed E-state index contributed by atoms with van der Waals surface area (Å²) < 4.78 is 0. The molecule has 0 amide bonds. The van der Waals surface area contributed by atoms with Crippen molar-refractivity contribution in [2.75, 3.05) is 0 Å². The van der Waals surface area contributed by atoms with Crippen molar-refractivity contribution >= 4 is 10.9 Å². The van der Waals surface area contributed by atoms with E-state index in [2.05, 4.69) is 24.0 Å². The molecule has 0 aliphatic heterocycles. The Balaban J connectivity index is 2.95. The largest absolute Gasteiger partial charge is 0.361 e.